The first-order valence-electron chi connectivity index (χ1n) is 7.20. The van der Waals surface area contributed by atoms with Gasteiger partial charge in [-0.25, -0.2) is 0 Å². The summed E-state index contributed by atoms with van der Waals surface area (Å²) >= 11 is 0. The lowest BCUT2D eigenvalue weighted by molar-refractivity contribution is 0.160. The number of nitrogens with one attached hydrogen (secondary N) is 1. The van der Waals surface area contributed by atoms with E-state index in [1.54, 1.807) is 0 Å². The van der Waals surface area contributed by atoms with E-state index in [1.165, 1.54) is 38.8 Å². The molecule has 0 radical (unpaired) electrons. The third kappa shape index (κ3) is 3.33. The van der Waals surface area contributed by atoms with E-state index in [9.17, 15) is 0 Å². The van der Waals surface area contributed by atoms with E-state index in [1.807, 2.05) is 0 Å². The van der Waals surface area contributed by atoms with E-state index >= 15 is 0 Å². The SMILES string of the molecule is CC1CCCN(Cc2cc(CNC3CC3)no2)C1. The molecule has 1 aliphatic heterocycles. The number of rotatable bonds is 5. The first-order chi connectivity index (χ1) is 8.79. The average molecular weight is 249 g/mol. The maximum Gasteiger partial charge on any atom is 0.151 e. The van der Waals surface area contributed by atoms with Gasteiger partial charge in [-0.2, -0.15) is 0 Å². The first kappa shape index (κ1) is 12.2. The molecule has 1 aromatic heterocycles. The van der Waals surface area contributed by atoms with Crippen LogP contribution >= 0.6 is 0 Å². The molecule has 18 heavy (non-hydrogen) atoms. The van der Waals surface area contributed by atoms with Crippen molar-refractivity contribution in [2.75, 3.05) is 13.1 Å². The van der Waals surface area contributed by atoms with Crippen LogP contribution < -0.4 is 5.32 Å². The zero-order valence-electron chi connectivity index (χ0n) is 11.2. The summed E-state index contributed by atoms with van der Waals surface area (Å²) in [6, 6.07) is 2.84. The van der Waals surface area contributed by atoms with Crippen molar-refractivity contribution < 1.29 is 4.52 Å². The van der Waals surface area contributed by atoms with Gasteiger partial charge in [0.15, 0.2) is 5.76 Å². The van der Waals surface area contributed by atoms with Crippen LogP contribution in [0.5, 0.6) is 0 Å². The maximum absolute atomic E-state index is 5.42. The van der Waals surface area contributed by atoms with E-state index in [-0.39, 0.29) is 0 Å². The molecule has 2 aliphatic rings. The highest BCUT2D eigenvalue weighted by molar-refractivity contribution is 5.06. The molecule has 4 heteroatoms. The Morgan fingerprint density at radius 1 is 1.44 bits per heavy atom. The largest absolute Gasteiger partial charge is 0.360 e. The van der Waals surface area contributed by atoms with Crippen LogP contribution in [0.3, 0.4) is 0 Å². The Balaban J connectivity index is 1.49. The van der Waals surface area contributed by atoms with Crippen molar-refractivity contribution in [3.8, 4) is 0 Å². The summed E-state index contributed by atoms with van der Waals surface area (Å²) in [6.07, 6.45) is 5.31. The number of likely N-dealkylation sites (tertiary alicyclic amines) is 1. The summed E-state index contributed by atoms with van der Waals surface area (Å²) in [5.74, 6) is 1.83. The van der Waals surface area contributed by atoms with E-state index in [4.69, 9.17) is 4.52 Å². The monoisotopic (exact) mass is 249 g/mol. The average Bonchev–Trinajstić information content (AvgIpc) is 3.08. The molecule has 1 atom stereocenters. The minimum Gasteiger partial charge on any atom is -0.360 e. The van der Waals surface area contributed by atoms with Gasteiger partial charge in [-0.05, 0) is 38.1 Å². The van der Waals surface area contributed by atoms with Gasteiger partial charge in [-0.1, -0.05) is 12.1 Å². The second-order valence-corrected chi connectivity index (χ2v) is 5.92. The molecule has 1 aliphatic carbocycles. The van der Waals surface area contributed by atoms with Gasteiger partial charge in [0.2, 0.25) is 0 Å². The lowest BCUT2D eigenvalue weighted by Crippen LogP contribution is -2.33. The second-order valence-electron chi connectivity index (χ2n) is 5.92. The zero-order valence-corrected chi connectivity index (χ0v) is 11.2. The lowest BCUT2D eigenvalue weighted by Gasteiger charge is -2.29. The van der Waals surface area contributed by atoms with Crippen LogP contribution in [0, 0.1) is 5.92 Å². The van der Waals surface area contributed by atoms with Gasteiger partial charge in [0, 0.05) is 25.2 Å². The predicted molar refractivity (Wildman–Crippen MR) is 70.0 cm³/mol. The normalized spacial score (nSPS) is 25.5. The van der Waals surface area contributed by atoms with Crippen LogP contribution in [0.4, 0.5) is 0 Å². The van der Waals surface area contributed by atoms with Crippen molar-refractivity contribution in [1.29, 1.82) is 0 Å². The Morgan fingerprint density at radius 2 is 2.33 bits per heavy atom. The standard InChI is InChI=1S/C14H23N3O/c1-11-3-2-6-17(9-11)10-14-7-13(16-18-14)8-15-12-4-5-12/h7,11-12,15H,2-6,8-10H2,1H3. The molecule has 0 spiro atoms. The first-order valence-corrected chi connectivity index (χ1v) is 7.20. The van der Waals surface area contributed by atoms with E-state index in [2.05, 4.69) is 28.4 Å². The highest BCUT2D eigenvalue weighted by atomic mass is 16.5. The fourth-order valence-corrected chi connectivity index (χ4v) is 2.70. The van der Waals surface area contributed by atoms with Crippen LogP contribution in [-0.4, -0.2) is 29.2 Å². The fraction of sp³-hybridized carbons (Fsp3) is 0.786. The van der Waals surface area contributed by atoms with E-state index in [0.29, 0.717) is 0 Å². The van der Waals surface area contributed by atoms with Gasteiger partial charge in [0.1, 0.15) is 0 Å². The number of nitrogens with zero attached hydrogens (tertiary/aromatic N) is 2. The van der Waals surface area contributed by atoms with Crippen molar-refractivity contribution in [1.82, 2.24) is 15.4 Å². The molecule has 1 aromatic rings. The quantitative estimate of drug-likeness (QED) is 0.868. The van der Waals surface area contributed by atoms with Crippen molar-refractivity contribution in [2.45, 2.75) is 51.7 Å². The molecule has 2 fully saturated rings. The summed E-state index contributed by atoms with van der Waals surface area (Å²) in [7, 11) is 0. The molecule has 1 N–H and O–H groups in total. The van der Waals surface area contributed by atoms with Crippen LogP contribution in [0.25, 0.3) is 0 Å². The lowest BCUT2D eigenvalue weighted by atomic mass is 10.0. The zero-order chi connectivity index (χ0) is 12.4. The Morgan fingerprint density at radius 3 is 3.11 bits per heavy atom. The molecule has 0 amide bonds. The summed E-state index contributed by atoms with van der Waals surface area (Å²) in [4.78, 5) is 2.48. The van der Waals surface area contributed by atoms with Gasteiger partial charge >= 0.3 is 0 Å². The van der Waals surface area contributed by atoms with Gasteiger partial charge < -0.3 is 9.84 Å². The Hall–Kier alpha value is -0.870. The van der Waals surface area contributed by atoms with Gasteiger partial charge in [-0.3, -0.25) is 4.90 Å². The smallest absolute Gasteiger partial charge is 0.151 e. The third-order valence-electron chi connectivity index (χ3n) is 3.88. The Kier molecular flexibility index (Phi) is 3.66. The number of hydrogen-bond acceptors (Lipinski definition) is 4. The Labute approximate surface area is 109 Å². The molecule has 3 rings (SSSR count). The van der Waals surface area contributed by atoms with Crippen molar-refractivity contribution >= 4 is 0 Å². The highest BCUT2D eigenvalue weighted by Gasteiger charge is 2.21. The second kappa shape index (κ2) is 5.41. The molecule has 4 nitrogen and oxygen atoms in total. The Bertz CT molecular complexity index is 386. The van der Waals surface area contributed by atoms with E-state index in [0.717, 1.165) is 36.5 Å². The molecule has 1 saturated carbocycles. The fourth-order valence-electron chi connectivity index (χ4n) is 2.70. The van der Waals surface area contributed by atoms with Crippen LogP contribution in [0.2, 0.25) is 0 Å². The molecule has 2 heterocycles. The van der Waals surface area contributed by atoms with Crippen LogP contribution in [0.15, 0.2) is 10.6 Å². The highest BCUT2D eigenvalue weighted by Crippen LogP contribution is 2.20. The summed E-state index contributed by atoms with van der Waals surface area (Å²) in [5.41, 5.74) is 1.04. The minimum absolute atomic E-state index is 0.730. The van der Waals surface area contributed by atoms with Crippen LogP contribution in [-0.2, 0) is 13.1 Å². The molecular formula is C14H23N3O. The molecule has 1 saturated heterocycles. The number of aromatic nitrogens is 1. The predicted octanol–water partition coefficient (Wildman–Crippen LogP) is 2.16. The van der Waals surface area contributed by atoms with E-state index < -0.39 is 0 Å². The van der Waals surface area contributed by atoms with Gasteiger partial charge in [-0.15, -0.1) is 0 Å². The van der Waals surface area contributed by atoms with Crippen molar-refractivity contribution in [3.05, 3.63) is 17.5 Å². The minimum atomic E-state index is 0.730. The molecule has 0 bridgehead atoms. The van der Waals surface area contributed by atoms with Crippen LogP contribution in [0.1, 0.15) is 44.1 Å². The van der Waals surface area contributed by atoms with Gasteiger partial charge in [0.05, 0.1) is 12.2 Å². The molecular weight excluding hydrogens is 226 g/mol. The third-order valence-corrected chi connectivity index (χ3v) is 3.88. The van der Waals surface area contributed by atoms with Gasteiger partial charge in [0.25, 0.3) is 0 Å². The van der Waals surface area contributed by atoms with Crippen molar-refractivity contribution in [3.63, 3.8) is 0 Å². The molecule has 100 valence electrons. The topological polar surface area (TPSA) is 41.3 Å². The molecule has 1 unspecified atom stereocenters. The number of piperidine rings is 1. The molecule has 0 aromatic carbocycles. The summed E-state index contributed by atoms with van der Waals surface area (Å²) in [5, 5.41) is 7.60. The number of hydrogen-bond donors (Lipinski definition) is 1. The maximum atomic E-state index is 5.42. The summed E-state index contributed by atoms with van der Waals surface area (Å²) < 4.78 is 5.42. The summed E-state index contributed by atoms with van der Waals surface area (Å²) in [6.45, 7) is 6.49. The van der Waals surface area contributed by atoms with Crippen molar-refractivity contribution in [2.24, 2.45) is 5.92 Å².